The molecule has 34 heavy (non-hydrogen) atoms. The first-order valence-electron chi connectivity index (χ1n) is 11.3. The van der Waals surface area contributed by atoms with E-state index in [0.717, 1.165) is 47.5 Å². The number of benzene rings is 2. The van der Waals surface area contributed by atoms with E-state index < -0.39 is 0 Å². The Morgan fingerprint density at radius 2 is 1.94 bits per heavy atom. The van der Waals surface area contributed by atoms with Crippen molar-refractivity contribution in [3.63, 3.8) is 0 Å². The molecule has 0 spiro atoms. The van der Waals surface area contributed by atoms with Crippen LogP contribution in [0, 0.1) is 11.3 Å². The number of thioether (sulfide) groups is 1. The van der Waals surface area contributed by atoms with Crippen LogP contribution in [0.2, 0.25) is 0 Å². The minimum Gasteiger partial charge on any atom is -0.378 e. The lowest BCUT2D eigenvalue weighted by Gasteiger charge is -2.15. The number of amides is 1. The Kier molecular flexibility index (Phi) is 7.84. The minimum atomic E-state index is -0.0896. The number of hydrogen-bond donors (Lipinski definition) is 1. The third-order valence-electron chi connectivity index (χ3n) is 5.75. The van der Waals surface area contributed by atoms with Crippen molar-refractivity contribution in [2.45, 2.75) is 24.0 Å². The Hall–Kier alpha value is -3.34. The van der Waals surface area contributed by atoms with Gasteiger partial charge in [0.2, 0.25) is 5.91 Å². The third-order valence-corrected chi connectivity index (χ3v) is 6.73. The zero-order valence-electron chi connectivity index (χ0n) is 19.5. The predicted molar refractivity (Wildman–Crippen MR) is 137 cm³/mol. The smallest absolute Gasteiger partial charge is 0.230 e. The lowest BCUT2D eigenvalue weighted by atomic mass is 9.99. The molecule has 0 saturated carbocycles. The number of pyridine rings is 1. The summed E-state index contributed by atoms with van der Waals surface area (Å²) in [6.07, 6.45) is 2.11. The van der Waals surface area contributed by atoms with Crippen LogP contribution in [0.1, 0.15) is 18.4 Å². The summed E-state index contributed by atoms with van der Waals surface area (Å²) in [6.45, 7) is 1.28. The number of aromatic nitrogens is 1. The highest BCUT2D eigenvalue weighted by atomic mass is 32.2. The Labute approximate surface area is 205 Å². The van der Waals surface area contributed by atoms with Crippen molar-refractivity contribution in [1.82, 2.24) is 10.3 Å². The summed E-state index contributed by atoms with van der Waals surface area (Å²) in [5.74, 6) is 0.0965. The largest absolute Gasteiger partial charge is 0.378 e. The van der Waals surface area contributed by atoms with Gasteiger partial charge in [0.1, 0.15) is 11.1 Å². The van der Waals surface area contributed by atoms with Gasteiger partial charge in [-0.3, -0.25) is 4.79 Å². The number of carbonyl (C=O) groups excluding carboxylic acids is 1. The fourth-order valence-corrected chi connectivity index (χ4v) is 4.71. The lowest BCUT2D eigenvalue weighted by Crippen LogP contribution is -2.32. The molecule has 6 nitrogen and oxygen atoms in total. The van der Waals surface area contributed by atoms with E-state index in [1.807, 2.05) is 79.7 Å². The minimum absolute atomic E-state index is 0.0896. The summed E-state index contributed by atoms with van der Waals surface area (Å²) in [7, 11) is 3.99. The summed E-state index contributed by atoms with van der Waals surface area (Å²) in [5.41, 5.74) is 5.04. The lowest BCUT2D eigenvalue weighted by molar-refractivity contribution is -0.119. The molecule has 4 rings (SSSR count). The number of nitrogens with zero attached hydrogens (tertiary/aromatic N) is 3. The summed E-state index contributed by atoms with van der Waals surface area (Å²) in [5, 5.41) is 13.5. The van der Waals surface area contributed by atoms with Crippen LogP contribution in [0.15, 0.2) is 65.7 Å². The molecule has 0 aliphatic carbocycles. The van der Waals surface area contributed by atoms with Gasteiger partial charge in [-0.25, -0.2) is 4.98 Å². The van der Waals surface area contributed by atoms with Crippen molar-refractivity contribution in [3.05, 3.63) is 66.2 Å². The molecule has 2 aromatic carbocycles. The van der Waals surface area contributed by atoms with Gasteiger partial charge in [0.05, 0.1) is 23.1 Å². The average molecular weight is 473 g/mol. The normalized spacial score (nSPS) is 15.0. The summed E-state index contributed by atoms with van der Waals surface area (Å²) in [6, 6.07) is 22.3. The molecule has 0 radical (unpaired) electrons. The molecule has 1 N–H and O–H groups in total. The van der Waals surface area contributed by atoms with Crippen molar-refractivity contribution < 1.29 is 9.53 Å². The maximum absolute atomic E-state index is 12.5. The number of rotatable bonds is 8. The van der Waals surface area contributed by atoms with Crippen molar-refractivity contribution in [2.75, 3.05) is 37.9 Å². The zero-order chi connectivity index (χ0) is 23.9. The van der Waals surface area contributed by atoms with E-state index in [4.69, 9.17) is 9.72 Å². The maximum atomic E-state index is 12.5. The SMILES string of the molecule is CN(C)c1ccc(-c2cc(-c3ccccc3)nc(SCC(=O)NCC3CCCO3)c2C#N)cc1. The molecular formula is C27H28N4O2S. The zero-order valence-corrected chi connectivity index (χ0v) is 20.3. The number of nitrogens with one attached hydrogen (secondary N) is 1. The molecular weight excluding hydrogens is 444 g/mol. The second-order valence-electron chi connectivity index (χ2n) is 8.38. The van der Waals surface area contributed by atoms with Crippen molar-refractivity contribution >= 4 is 23.4 Å². The third kappa shape index (κ3) is 5.77. The molecule has 3 aromatic rings. The summed E-state index contributed by atoms with van der Waals surface area (Å²) in [4.78, 5) is 19.3. The van der Waals surface area contributed by atoms with Gasteiger partial charge in [-0.05, 0) is 36.6 Å². The first-order chi connectivity index (χ1) is 16.5. The first kappa shape index (κ1) is 23.8. The van der Waals surface area contributed by atoms with E-state index in [1.165, 1.54) is 11.8 Å². The number of anilines is 1. The summed E-state index contributed by atoms with van der Waals surface area (Å²) < 4.78 is 5.58. The molecule has 1 aromatic heterocycles. The van der Waals surface area contributed by atoms with Crippen LogP contribution in [0.3, 0.4) is 0 Å². The summed E-state index contributed by atoms with van der Waals surface area (Å²) >= 11 is 1.29. The molecule has 1 amide bonds. The van der Waals surface area contributed by atoms with E-state index >= 15 is 0 Å². The molecule has 2 heterocycles. The first-order valence-corrected chi connectivity index (χ1v) is 12.3. The molecule has 1 aliphatic heterocycles. The number of hydrogen-bond acceptors (Lipinski definition) is 6. The van der Waals surface area contributed by atoms with Crippen LogP contribution in [0.5, 0.6) is 0 Å². The fourth-order valence-electron chi connectivity index (χ4n) is 3.88. The highest BCUT2D eigenvalue weighted by Gasteiger charge is 2.19. The van der Waals surface area contributed by atoms with Gasteiger partial charge in [0.15, 0.2) is 0 Å². The Bertz CT molecular complexity index is 1170. The Morgan fingerprint density at radius 1 is 1.18 bits per heavy atom. The Morgan fingerprint density at radius 3 is 2.59 bits per heavy atom. The van der Waals surface area contributed by atoms with Gasteiger partial charge >= 0.3 is 0 Å². The van der Waals surface area contributed by atoms with E-state index in [0.29, 0.717) is 17.1 Å². The monoisotopic (exact) mass is 472 g/mol. The van der Waals surface area contributed by atoms with E-state index in [2.05, 4.69) is 11.4 Å². The topological polar surface area (TPSA) is 78.2 Å². The maximum Gasteiger partial charge on any atom is 0.230 e. The standard InChI is InChI=1S/C27H28N4O2S/c1-31(2)21-12-10-19(11-13-21)23-15-25(20-7-4-3-5-8-20)30-27(24(23)16-28)34-18-26(32)29-17-22-9-6-14-33-22/h3-5,7-8,10-13,15,22H,6,9,14,17-18H2,1-2H3,(H,29,32). The molecule has 1 atom stereocenters. The fraction of sp³-hybridized carbons (Fsp3) is 0.296. The van der Waals surface area contributed by atoms with E-state index in [1.54, 1.807) is 0 Å². The molecule has 1 aliphatic rings. The van der Waals surface area contributed by atoms with E-state index in [-0.39, 0.29) is 17.8 Å². The molecule has 7 heteroatoms. The van der Waals surface area contributed by atoms with Crippen LogP contribution < -0.4 is 10.2 Å². The van der Waals surface area contributed by atoms with Crippen LogP contribution in [0.4, 0.5) is 5.69 Å². The van der Waals surface area contributed by atoms with Crippen molar-refractivity contribution in [3.8, 4) is 28.5 Å². The Balaban J connectivity index is 1.63. The van der Waals surface area contributed by atoms with Gasteiger partial charge in [-0.15, -0.1) is 0 Å². The van der Waals surface area contributed by atoms with Crippen molar-refractivity contribution in [2.24, 2.45) is 0 Å². The van der Waals surface area contributed by atoms with Crippen LogP contribution in [0.25, 0.3) is 22.4 Å². The van der Waals surface area contributed by atoms with E-state index in [9.17, 15) is 10.1 Å². The highest BCUT2D eigenvalue weighted by molar-refractivity contribution is 8.00. The van der Waals surface area contributed by atoms with Gasteiger partial charge in [-0.2, -0.15) is 5.26 Å². The quantitative estimate of drug-likeness (QED) is 0.477. The van der Waals surface area contributed by atoms with Gasteiger partial charge in [-0.1, -0.05) is 54.2 Å². The number of ether oxygens (including phenoxy) is 1. The second kappa shape index (κ2) is 11.2. The molecule has 1 saturated heterocycles. The van der Waals surface area contributed by atoms with Gasteiger partial charge < -0.3 is 15.0 Å². The van der Waals surface area contributed by atoms with Gasteiger partial charge in [0, 0.05) is 44.1 Å². The molecule has 1 fully saturated rings. The number of nitriles is 1. The van der Waals surface area contributed by atoms with Crippen LogP contribution in [-0.2, 0) is 9.53 Å². The van der Waals surface area contributed by atoms with Gasteiger partial charge in [0.25, 0.3) is 0 Å². The molecule has 0 bridgehead atoms. The van der Waals surface area contributed by atoms with Crippen LogP contribution >= 0.6 is 11.8 Å². The average Bonchev–Trinajstić information content (AvgIpc) is 3.40. The van der Waals surface area contributed by atoms with Crippen molar-refractivity contribution in [1.29, 1.82) is 5.26 Å². The number of carbonyl (C=O) groups is 1. The molecule has 1 unspecified atom stereocenters. The highest BCUT2D eigenvalue weighted by Crippen LogP contribution is 2.34. The van der Waals surface area contributed by atoms with Crippen LogP contribution in [-0.4, -0.2) is 50.0 Å². The molecule has 174 valence electrons. The predicted octanol–water partition coefficient (Wildman–Crippen LogP) is 4.74. The second-order valence-corrected chi connectivity index (χ2v) is 9.35.